The van der Waals surface area contributed by atoms with Crippen LogP contribution in [-0.4, -0.2) is 236 Å². The van der Waals surface area contributed by atoms with Crippen molar-refractivity contribution in [3.63, 3.8) is 0 Å². The van der Waals surface area contributed by atoms with Crippen LogP contribution in [0.25, 0.3) is 0 Å². The zero-order chi connectivity index (χ0) is 37.2. The zero-order valence-corrected chi connectivity index (χ0v) is 29.5. The Morgan fingerprint density at radius 2 is 0.560 bits per heavy atom. The minimum atomic E-state index is -1.48. The number of rotatable bonds is 8. The van der Waals surface area contributed by atoms with Crippen LogP contribution >= 0.6 is 0 Å². The molecule has 0 saturated heterocycles. The Balaban J connectivity index is 0. The van der Waals surface area contributed by atoms with Crippen molar-refractivity contribution in [1.29, 1.82) is 0 Å². The standard InChI is InChI=1S/4C6H8O6.2Ca/c4*7-1-2(8)5-3(9)4(10)6(11)12-5;;/h4*2,5,7-10H,1H2;;/q;;;;2*+2/p-4/t4*2-,5+;;/m0000../s1. The summed E-state index contributed by atoms with van der Waals surface area (Å²) in [5, 5.41) is 147. The topological polar surface area (TPSA) is 440 Å². The Labute approximate surface area is 337 Å². The molecule has 0 unspecified atom stereocenters. The fourth-order valence-corrected chi connectivity index (χ4v) is 3.24. The van der Waals surface area contributed by atoms with Crippen LogP contribution in [0.4, 0.5) is 0 Å². The molecule has 0 aromatic carbocycles. The van der Waals surface area contributed by atoms with Crippen LogP contribution < -0.4 is 20.4 Å². The van der Waals surface area contributed by atoms with E-state index in [1.165, 1.54) is 0 Å². The molecule has 8 atom stereocenters. The van der Waals surface area contributed by atoms with Crippen LogP contribution in [0.3, 0.4) is 0 Å². The predicted molar refractivity (Wildman–Crippen MR) is 142 cm³/mol. The maximum absolute atomic E-state index is 10.8. The molecule has 0 fully saturated rings. The summed E-state index contributed by atoms with van der Waals surface area (Å²) in [7, 11) is 0. The number of ether oxygens (including phenoxy) is 4. The third kappa shape index (κ3) is 12.3. The van der Waals surface area contributed by atoms with Gasteiger partial charge in [0.15, 0.2) is 23.0 Å². The third-order valence-corrected chi connectivity index (χ3v) is 5.82. The first-order chi connectivity index (χ1) is 22.3. The first-order valence-electron chi connectivity index (χ1n) is 12.7. The van der Waals surface area contributed by atoms with Crippen LogP contribution in [0.2, 0.25) is 0 Å². The van der Waals surface area contributed by atoms with E-state index in [-0.39, 0.29) is 75.5 Å². The van der Waals surface area contributed by atoms with Crippen molar-refractivity contribution >= 4 is 99.4 Å². The smallest absolute Gasteiger partial charge is 0.870 e. The Bertz CT molecular complexity index is 1140. The van der Waals surface area contributed by atoms with Gasteiger partial charge in [-0.2, -0.15) is 0 Å². The molecule has 4 rings (SSSR count). The van der Waals surface area contributed by atoms with Gasteiger partial charge in [-0.25, -0.2) is 19.2 Å². The SMILES string of the molecule is O=C1O[C@H]([C@@H](O)CO)C([O-])=C1O.O=C1O[C@H]([C@@H](O)CO)C([O-])=C1O.O=C1O[C@H]([C@@H](O)CO)C([O-])=C1O.O=C1O[C@H]([C@@H](O)CO)C([O-])=C1O.[Ca+2].[Ca+2]. The summed E-state index contributed by atoms with van der Waals surface area (Å²) in [6.07, 6.45) is -11.8. The van der Waals surface area contributed by atoms with Crippen molar-refractivity contribution in [2.75, 3.05) is 26.4 Å². The van der Waals surface area contributed by atoms with Gasteiger partial charge in [-0.15, -0.1) is 0 Å². The van der Waals surface area contributed by atoms with Gasteiger partial charge in [0.05, 0.1) is 26.4 Å². The van der Waals surface area contributed by atoms with Gasteiger partial charge in [-0.05, 0) is 23.0 Å². The van der Waals surface area contributed by atoms with Crippen LogP contribution in [0.5, 0.6) is 0 Å². The van der Waals surface area contributed by atoms with E-state index in [4.69, 9.17) is 61.3 Å². The monoisotopic (exact) mass is 780 g/mol. The van der Waals surface area contributed by atoms with Gasteiger partial charge >= 0.3 is 99.4 Å². The molecule has 0 saturated carbocycles. The van der Waals surface area contributed by atoms with E-state index in [2.05, 4.69) is 18.9 Å². The molecular weight excluding hydrogens is 752 g/mol. The van der Waals surface area contributed by atoms with Gasteiger partial charge in [0.25, 0.3) is 0 Å². The summed E-state index contributed by atoms with van der Waals surface area (Å²) < 4.78 is 17.0. The summed E-state index contributed by atoms with van der Waals surface area (Å²) in [5.74, 6) is -12.8. The number of hydrogen-bond donors (Lipinski definition) is 12. The van der Waals surface area contributed by atoms with E-state index in [0.29, 0.717) is 0 Å². The third-order valence-electron chi connectivity index (χ3n) is 5.82. The molecule has 0 amide bonds. The van der Waals surface area contributed by atoms with E-state index in [1.807, 2.05) is 0 Å². The van der Waals surface area contributed by atoms with Gasteiger partial charge < -0.3 is 101 Å². The van der Waals surface area contributed by atoms with Crippen LogP contribution in [0, 0.1) is 0 Å². The number of carbonyl (C=O) groups excluding carboxylic acids is 4. The normalized spacial score (nSPS) is 24.8. The molecule has 0 aromatic rings. The Morgan fingerprint density at radius 1 is 0.420 bits per heavy atom. The molecule has 0 aliphatic carbocycles. The van der Waals surface area contributed by atoms with Crippen molar-refractivity contribution in [2.45, 2.75) is 48.8 Å². The van der Waals surface area contributed by atoms with E-state index in [9.17, 15) is 39.6 Å². The molecule has 272 valence electrons. The fraction of sp³-hybridized carbons (Fsp3) is 0.500. The van der Waals surface area contributed by atoms with Crippen molar-refractivity contribution in [3.05, 3.63) is 46.1 Å². The number of aliphatic hydroxyl groups is 12. The summed E-state index contributed by atoms with van der Waals surface area (Å²) in [6, 6.07) is 0. The maximum Gasteiger partial charge on any atom is 2.00 e. The molecule has 0 aromatic heterocycles. The summed E-state index contributed by atoms with van der Waals surface area (Å²) in [5.41, 5.74) is 0. The molecule has 4 heterocycles. The first-order valence-corrected chi connectivity index (χ1v) is 12.7. The number of aliphatic hydroxyl groups excluding tert-OH is 12. The van der Waals surface area contributed by atoms with Crippen molar-refractivity contribution < 1.29 is 120 Å². The van der Waals surface area contributed by atoms with Crippen LogP contribution in [-0.2, 0) is 38.1 Å². The van der Waals surface area contributed by atoms with Crippen molar-refractivity contribution in [2.24, 2.45) is 0 Å². The quantitative estimate of drug-likeness (QED) is 0.0618. The molecule has 50 heavy (non-hydrogen) atoms. The molecular formula is C24H28Ca2O24. The summed E-state index contributed by atoms with van der Waals surface area (Å²) in [4.78, 5) is 42.0. The molecule has 0 bridgehead atoms. The summed E-state index contributed by atoms with van der Waals surface area (Å²) >= 11 is 0. The number of hydrogen-bond acceptors (Lipinski definition) is 24. The Hall–Kier alpha value is -2.56. The molecule has 0 radical (unpaired) electrons. The molecule has 24 nitrogen and oxygen atoms in total. The van der Waals surface area contributed by atoms with Gasteiger partial charge in [0.2, 0.25) is 0 Å². The number of carbonyl (C=O) groups is 4. The minimum Gasteiger partial charge on any atom is -0.870 e. The molecule has 4 aliphatic rings. The number of esters is 4. The largest absolute Gasteiger partial charge is 2.00 e. The van der Waals surface area contributed by atoms with E-state index in [1.54, 1.807) is 0 Å². The fourth-order valence-electron chi connectivity index (χ4n) is 3.24. The average Bonchev–Trinajstić information content (AvgIpc) is 3.70. The van der Waals surface area contributed by atoms with Crippen molar-refractivity contribution in [3.8, 4) is 0 Å². The molecule has 12 N–H and O–H groups in total. The van der Waals surface area contributed by atoms with E-state index in [0.717, 1.165) is 0 Å². The van der Waals surface area contributed by atoms with Gasteiger partial charge in [0, 0.05) is 0 Å². The first kappa shape index (κ1) is 49.6. The average molecular weight is 781 g/mol. The van der Waals surface area contributed by atoms with E-state index < -0.39 is 145 Å². The molecule has 4 aliphatic heterocycles. The second kappa shape index (κ2) is 22.4. The second-order valence-corrected chi connectivity index (χ2v) is 9.15. The van der Waals surface area contributed by atoms with Gasteiger partial charge in [0.1, 0.15) is 48.8 Å². The van der Waals surface area contributed by atoms with Gasteiger partial charge in [-0.1, -0.05) is 0 Å². The van der Waals surface area contributed by atoms with Gasteiger partial charge in [-0.3, -0.25) is 0 Å². The number of cyclic esters (lactones) is 4. The zero-order valence-electron chi connectivity index (χ0n) is 25.1. The van der Waals surface area contributed by atoms with Crippen LogP contribution in [0.1, 0.15) is 0 Å². The Kier molecular flexibility index (Phi) is 22.2. The van der Waals surface area contributed by atoms with E-state index >= 15 is 0 Å². The van der Waals surface area contributed by atoms with Crippen molar-refractivity contribution in [1.82, 2.24) is 0 Å². The minimum absolute atomic E-state index is 0. The van der Waals surface area contributed by atoms with Crippen LogP contribution in [0.15, 0.2) is 46.1 Å². The maximum atomic E-state index is 10.8. The Morgan fingerprint density at radius 3 is 0.640 bits per heavy atom. The predicted octanol–water partition coefficient (Wildman–Crippen LogP) is -11.2. The second-order valence-electron chi connectivity index (χ2n) is 9.15. The summed E-state index contributed by atoms with van der Waals surface area (Å²) in [6.45, 7) is -2.85. The molecule has 0 spiro atoms. The molecule has 26 heteroatoms.